The van der Waals surface area contributed by atoms with Crippen molar-refractivity contribution in [2.45, 2.75) is 20.3 Å². The summed E-state index contributed by atoms with van der Waals surface area (Å²) in [6.45, 7) is 4.17. The summed E-state index contributed by atoms with van der Waals surface area (Å²) in [5.74, 6) is 2.08. The predicted octanol–water partition coefficient (Wildman–Crippen LogP) is 2.23. The monoisotopic (exact) mass is 105 g/mol. The van der Waals surface area contributed by atoms with Crippen molar-refractivity contribution in [2.75, 3.05) is 5.88 Å². The van der Waals surface area contributed by atoms with Gasteiger partial charge in [0.2, 0.25) is 0 Å². The molecule has 0 aromatic carbocycles. The summed E-state index contributed by atoms with van der Waals surface area (Å²) in [5, 5.41) is 0. The second-order valence-corrected chi connectivity index (χ2v) is 1.71. The molecule has 0 nitrogen and oxygen atoms in total. The highest BCUT2D eigenvalue weighted by atomic mass is 35.5. The zero-order chi connectivity index (χ0) is 4.99. The van der Waals surface area contributed by atoms with Crippen LogP contribution in [-0.2, 0) is 0 Å². The Bertz CT molecular complexity index is 23.1. The molecule has 37 valence electrons. The molecule has 0 spiro atoms. The molecule has 6 heavy (non-hydrogen) atoms. The minimum atomic E-state index is 0.719. The highest BCUT2D eigenvalue weighted by Gasteiger charge is 1.91. The smallest absolute Gasteiger partial charge is 0.0282 e. The SMILES string of the molecule is CC[C](C)CCl. The maximum atomic E-state index is 5.42. The lowest BCUT2D eigenvalue weighted by Gasteiger charge is -1.96. The van der Waals surface area contributed by atoms with E-state index in [0.29, 0.717) is 0 Å². The van der Waals surface area contributed by atoms with Crippen LogP contribution in [0, 0.1) is 5.92 Å². The second kappa shape index (κ2) is 3.48. The van der Waals surface area contributed by atoms with Crippen LogP contribution in [0.15, 0.2) is 0 Å². The van der Waals surface area contributed by atoms with E-state index in [9.17, 15) is 0 Å². The maximum absolute atomic E-state index is 5.42. The van der Waals surface area contributed by atoms with Crippen LogP contribution in [0.25, 0.3) is 0 Å². The molecule has 0 saturated heterocycles. The lowest BCUT2D eigenvalue weighted by molar-refractivity contribution is 0.929. The predicted molar refractivity (Wildman–Crippen MR) is 29.9 cm³/mol. The Hall–Kier alpha value is 0.290. The third kappa shape index (κ3) is 2.52. The van der Waals surface area contributed by atoms with Gasteiger partial charge in [0.15, 0.2) is 0 Å². The van der Waals surface area contributed by atoms with Gasteiger partial charge in [0, 0.05) is 5.88 Å². The molecule has 0 bridgehead atoms. The fraction of sp³-hybridized carbons (Fsp3) is 0.800. The zero-order valence-corrected chi connectivity index (χ0v) is 5.05. The van der Waals surface area contributed by atoms with E-state index in [0.717, 1.165) is 12.3 Å². The average molecular weight is 106 g/mol. The van der Waals surface area contributed by atoms with Crippen LogP contribution < -0.4 is 0 Å². The third-order valence-electron chi connectivity index (χ3n) is 0.832. The summed E-state index contributed by atoms with van der Waals surface area (Å²) in [7, 11) is 0. The fourth-order valence-corrected chi connectivity index (χ4v) is 0.283. The van der Waals surface area contributed by atoms with Crippen LogP contribution in [0.5, 0.6) is 0 Å². The zero-order valence-electron chi connectivity index (χ0n) is 4.29. The van der Waals surface area contributed by atoms with Crippen molar-refractivity contribution in [2.24, 2.45) is 0 Å². The Morgan fingerprint density at radius 2 is 2.17 bits per heavy atom. The number of alkyl halides is 1. The molecule has 0 fully saturated rings. The van der Waals surface area contributed by atoms with Gasteiger partial charge in [0.05, 0.1) is 0 Å². The first-order chi connectivity index (χ1) is 2.81. The minimum Gasteiger partial charge on any atom is -0.126 e. The van der Waals surface area contributed by atoms with E-state index in [-0.39, 0.29) is 0 Å². The van der Waals surface area contributed by atoms with Gasteiger partial charge in [0.25, 0.3) is 0 Å². The van der Waals surface area contributed by atoms with Crippen LogP contribution in [0.3, 0.4) is 0 Å². The molecule has 0 atom stereocenters. The number of hydrogen-bond acceptors (Lipinski definition) is 0. The van der Waals surface area contributed by atoms with Crippen LogP contribution in [0.2, 0.25) is 0 Å². The van der Waals surface area contributed by atoms with Crippen molar-refractivity contribution in [1.29, 1.82) is 0 Å². The van der Waals surface area contributed by atoms with Gasteiger partial charge in [0.1, 0.15) is 0 Å². The van der Waals surface area contributed by atoms with Crippen LogP contribution in [0.1, 0.15) is 20.3 Å². The normalized spacial score (nSPS) is 10.0. The molecule has 1 heteroatoms. The highest BCUT2D eigenvalue weighted by molar-refractivity contribution is 6.19. The summed E-state index contributed by atoms with van der Waals surface area (Å²) in [5.41, 5.74) is 0. The Morgan fingerprint density at radius 1 is 1.67 bits per heavy atom. The number of rotatable bonds is 2. The molecule has 0 amide bonds. The van der Waals surface area contributed by atoms with Crippen molar-refractivity contribution in [1.82, 2.24) is 0 Å². The number of hydrogen-bond donors (Lipinski definition) is 0. The third-order valence-corrected chi connectivity index (χ3v) is 1.29. The lowest BCUT2D eigenvalue weighted by Crippen LogP contribution is -1.86. The largest absolute Gasteiger partial charge is 0.126 e. The molecule has 0 heterocycles. The van der Waals surface area contributed by atoms with E-state index in [2.05, 4.69) is 13.8 Å². The van der Waals surface area contributed by atoms with E-state index in [1.165, 1.54) is 5.92 Å². The first-order valence-corrected chi connectivity index (χ1v) is 2.72. The molecular formula is C5H10Cl. The van der Waals surface area contributed by atoms with E-state index in [4.69, 9.17) is 11.6 Å². The van der Waals surface area contributed by atoms with Gasteiger partial charge in [-0.3, -0.25) is 0 Å². The molecule has 0 unspecified atom stereocenters. The molecule has 0 aromatic rings. The summed E-state index contributed by atoms with van der Waals surface area (Å²) < 4.78 is 0. The molecule has 0 N–H and O–H groups in total. The van der Waals surface area contributed by atoms with E-state index >= 15 is 0 Å². The van der Waals surface area contributed by atoms with Gasteiger partial charge >= 0.3 is 0 Å². The molecule has 0 aliphatic rings. The first-order valence-electron chi connectivity index (χ1n) is 2.18. The average Bonchev–Trinajstić information content (AvgIpc) is 1.65. The first kappa shape index (κ1) is 6.29. The second-order valence-electron chi connectivity index (χ2n) is 1.44. The van der Waals surface area contributed by atoms with Crippen molar-refractivity contribution in [3.05, 3.63) is 5.92 Å². The molecule has 0 aliphatic carbocycles. The van der Waals surface area contributed by atoms with E-state index in [1.54, 1.807) is 0 Å². The molecule has 0 rings (SSSR count). The quantitative estimate of drug-likeness (QED) is 0.473. The molecular weight excluding hydrogens is 95.5 g/mol. The Morgan fingerprint density at radius 3 is 2.17 bits per heavy atom. The van der Waals surface area contributed by atoms with Gasteiger partial charge in [-0.05, 0) is 12.3 Å². The molecule has 0 aliphatic heterocycles. The Labute approximate surface area is 44.5 Å². The van der Waals surface area contributed by atoms with Crippen molar-refractivity contribution in [3.63, 3.8) is 0 Å². The Balaban J connectivity index is 2.75. The van der Waals surface area contributed by atoms with Crippen molar-refractivity contribution < 1.29 is 0 Å². The number of halogens is 1. The molecule has 0 saturated carbocycles. The molecule has 1 radical (unpaired) electrons. The van der Waals surface area contributed by atoms with Crippen LogP contribution >= 0.6 is 11.6 Å². The lowest BCUT2D eigenvalue weighted by atomic mass is 10.2. The molecule has 0 aromatic heterocycles. The maximum Gasteiger partial charge on any atom is 0.0282 e. The van der Waals surface area contributed by atoms with Gasteiger partial charge < -0.3 is 0 Å². The summed E-state index contributed by atoms with van der Waals surface area (Å²) in [4.78, 5) is 0. The standard InChI is InChI=1S/C5H10Cl/c1-3-5(2)4-6/h3-4H2,1-2H3. The highest BCUT2D eigenvalue weighted by Crippen LogP contribution is 2.03. The fourth-order valence-electron chi connectivity index (χ4n) is 0.0945. The van der Waals surface area contributed by atoms with Gasteiger partial charge in [-0.2, -0.15) is 0 Å². The van der Waals surface area contributed by atoms with Gasteiger partial charge in [-0.15, -0.1) is 11.6 Å². The summed E-state index contributed by atoms with van der Waals surface area (Å²) >= 11 is 5.42. The van der Waals surface area contributed by atoms with E-state index < -0.39 is 0 Å². The van der Waals surface area contributed by atoms with Crippen molar-refractivity contribution in [3.8, 4) is 0 Å². The van der Waals surface area contributed by atoms with Crippen LogP contribution in [-0.4, -0.2) is 5.88 Å². The topological polar surface area (TPSA) is 0 Å². The van der Waals surface area contributed by atoms with Gasteiger partial charge in [-0.1, -0.05) is 13.8 Å². The van der Waals surface area contributed by atoms with Crippen LogP contribution in [0.4, 0.5) is 0 Å². The van der Waals surface area contributed by atoms with Crippen molar-refractivity contribution >= 4 is 11.6 Å². The summed E-state index contributed by atoms with van der Waals surface area (Å²) in [6, 6.07) is 0. The summed E-state index contributed by atoms with van der Waals surface area (Å²) in [6.07, 6.45) is 1.11. The van der Waals surface area contributed by atoms with E-state index in [1.807, 2.05) is 0 Å². The Kier molecular flexibility index (Phi) is 3.65. The minimum absolute atomic E-state index is 0.719. The van der Waals surface area contributed by atoms with Gasteiger partial charge in [-0.25, -0.2) is 0 Å².